The second kappa shape index (κ2) is 10.9. The number of hydrogen-bond donors (Lipinski definition) is 0. The summed E-state index contributed by atoms with van der Waals surface area (Å²) in [6, 6.07) is 54.6. The highest BCUT2D eigenvalue weighted by Crippen LogP contribution is 2.50. The van der Waals surface area contributed by atoms with Crippen molar-refractivity contribution in [2.75, 3.05) is 0 Å². The molecule has 0 bridgehead atoms. The molecule has 238 valence electrons. The van der Waals surface area contributed by atoms with E-state index in [2.05, 4.69) is 95.6 Å². The molecule has 6 heteroatoms. The first kappa shape index (κ1) is 28.2. The fourth-order valence-corrected chi connectivity index (χ4v) is 8.86. The van der Waals surface area contributed by atoms with E-state index in [0.29, 0.717) is 17.5 Å². The van der Waals surface area contributed by atoms with E-state index >= 15 is 0 Å². The van der Waals surface area contributed by atoms with Gasteiger partial charge in [-0.15, -0.1) is 11.3 Å². The van der Waals surface area contributed by atoms with Crippen LogP contribution in [-0.4, -0.2) is 19.5 Å². The molecular formula is C45H26N4OS. The van der Waals surface area contributed by atoms with Gasteiger partial charge in [0.2, 0.25) is 0 Å². The van der Waals surface area contributed by atoms with Crippen LogP contribution in [0.3, 0.4) is 0 Å². The predicted molar refractivity (Wildman–Crippen MR) is 211 cm³/mol. The van der Waals surface area contributed by atoms with Gasteiger partial charge in [-0.1, -0.05) is 127 Å². The highest BCUT2D eigenvalue weighted by molar-refractivity contribution is 7.27. The van der Waals surface area contributed by atoms with Crippen molar-refractivity contribution in [3.05, 3.63) is 158 Å². The lowest BCUT2D eigenvalue weighted by Gasteiger charge is -2.12. The fraction of sp³-hybridized carbons (Fsp3) is 0. The molecule has 11 rings (SSSR count). The number of nitrogens with zero attached hydrogens (tertiary/aromatic N) is 4. The molecule has 0 saturated carbocycles. The highest BCUT2D eigenvalue weighted by atomic mass is 32.1. The van der Waals surface area contributed by atoms with E-state index in [1.165, 1.54) is 25.6 Å². The lowest BCUT2D eigenvalue weighted by molar-refractivity contribution is 0.673. The van der Waals surface area contributed by atoms with Crippen LogP contribution in [0.5, 0.6) is 0 Å². The number of hydrogen-bond acceptors (Lipinski definition) is 5. The Labute approximate surface area is 295 Å². The van der Waals surface area contributed by atoms with Crippen molar-refractivity contribution in [3.63, 3.8) is 0 Å². The molecule has 0 aliphatic carbocycles. The van der Waals surface area contributed by atoms with Crippen LogP contribution in [-0.2, 0) is 0 Å². The van der Waals surface area contributed by atoms with Crippen LogP contribution < -0.4 is 0 Å². The summed E-state index contributed by atoms with van der Waals surface area (Å²) in [6.45, 7) is 0. The molecule has 0 saturated heterocycles. The van der Waals surface area contributed by atoms with Crippen molar-refractivity contribution >= 4 is 75.3 Å². The van der Waals surface area contributed by atoms with Gasteiger partial charge < -0.3 is 8.98 Å². The molecule has 0 unspecified atom stereocenters. The molecule has 7 aromatic carbocycles. The molecule has 4 aromatic heterocycles. The standard InChI is InChI=1S/C45H26N4OS/c1-3-14-27(15-4-1)43-46-44(28-16-5-2-6-17-28)48-45(47-43)29-18-13-19-30(26-29)49-34-23-10-7-20-31(34)39-40(49)42-38(33-22-9-12-25-36(33)51-42)37-32-21-8-11-24-35(32)50-41(37)39/h1-26H. The zero-order valence-electron chi connectivity index (χ0n) is 27.1. The lowest BCUT2D eigenvalue weighted by Crippen LogP contribution is -2.01. The third kappa shape index (κ3) is 4.24. The molecule has 0 radical (unpaired) electrons. The Hall–Kier alpha value is -6.63. The summed E-state index contributed by atoms with van der Waals surface area (Å²) in [6.07, 6.45) is 0. The normalized spacial score (nSPS) is 11.9. The summed E-state index contributed by atoms with van der Waals surface area (Å²) >= 11 is 1.85. The van der Waals surface area contributed by atoms with Crippen LogP contribution in [0.15, 0.2) is 162 Å². The molecule has 0 fully saturated rings. The van der Waals surface area contributed by atoms with Crippen molar-refractivity contribution in [1.82, 2.24) is 19.5 Å². The molecule has 0 aliphatic heterocycles. The summed E-state index contributed by atoms with van der Waals surface area (Å²) in [5.74, 6) is 1.90. The maximum absolute atomic E-state index is 6.82. The van der Waals surface area contributed by atoms with Crippen molar-refractivity contribution in [2.24, 2.45) is 0 Å². The van der Waals surface area contributed by atoms with Crippen LogP contribution in [0.2, 0.25) is 0 Å². The van der Waals surface area contributed by atoms with Crippen LogP contribution in [0.4, 0.5) is 0 Å². The van der Waals surface area contributed by atoms with Crippen molar-refractivity contribution in [2.45, 2.75) is 0 Å². The first-order chi connectivity index (χ1) is 25.3. The van der Waals surface area contributed by atoms with E-state index in [1.807, 2.05) is 78.1 Å². The Morgan fingerprint density at radius 1 is 0.471 bits per heavy atom. The van der Waals surface area contributed by atoms with Gasteiger partial charge in [0.25, 0.3) is 0 Å². The fourth-order valence-electron chi connectivity index (χ4n) is 7.60. The number of para-hydroxylation sites is 2. The number of benzene rings is 7. The van der Waals surface area contributed by atoms with Gasteiger partial charge in [0.1, 0.15) is 11.2 Å². The molecular weight excluding hydrogens is 645 g/mol. The number of fused-ring (bicyclic) bond motifs is 12. The van der Waals surface area contributed by atoms with Gasteiger partial charge in [-0.05, 0) is 30.3 Å². The second-order valence-corrected chi connectivity index (χ2v) is 13.8. The van der Waals surface area contributed by atoms with Gasteiger partial charge in [0, 0.05) is 54.0 Å². The van der Waals surface area contributed by atoms with Crippen molar-refractivity contribution in [1.29, 1.82) is 0 Å². The molecule has 11 aromatic rings. The minimum atomic E-state index is 0.622. The van der Waals surface area contributed by atoms with Crippen LogP contribution in [0.1, 0.15) is 0 Å². The topological polar surface area (TPSA) is 56.7 Å². The average Bonchev–Trinajstić information content (AvgIpc) is 3.88. The number of furan rings is 1. The largest absolute Gasteiger partial charge is 0.455 e. The molecule has 0 amide bonds. The van der Waals surface area contributed by atoms with Crippen LogP contribution in [0, 0.1) is 0 Å². The molecule has 51 heavy (non-hydrogen) atoms. The van der Waals surface area contributed by atoms with Crippen LogP contribution >= 0.6 is 11.3 Å². The van der Waals surface area contributed by atoms with E-state index in [1.54, 1.807) is 0 Å². The van der Waals surface area contributed by atoms with Gasteiger partial charge in [-0.3, -0.25) is 0 Å². The average molecular weight is 671 g/mol. The Morgan fingerprint density at radius 2 is 1.06 bits per heavy atom. The molecule has 0 N–H and O–H groups in total. The van der Waals surface area contributed by atoms with E-state index in [9.17, 15) is 0 Å². The molecule has 0 atom stereocenters. The summed E-state index contributed by atoms with van der Waals surface area (Å²) in [5, 5.41) is 7.07. The zero-order valence-corrected chi connectivity index (χ0v) is 27.9. The smallest absolute Gasteiger partial charge is 0.164 e. The van der Waals surface area contributed by atoms with E-state index in [0.717, 1.165) is 60.7 Å². The quantitative estimate of drug-likeness (QED) is 0.187. The van der Waals surface area contributed by atoms with Crippen molar-refractivity contribution < 1.29 is 4.42 Å². The van der Waals surface area contributed by atoms with Gasteiger partial charge in [-0.2, -0.15) is 0 Å². The van der Waals surface area contributed by atoms with Gasteiger partial charge in [0.15, 0.2) is 17.5 Å². The third-order valence-corrected chi connectivity index (χ3v) is 11.0. The maximum Gasteiger partial charge on any atom is 0.164 e. The van der Waals surface area contributed by atoms with E-state index in [4.69, 9.17) is 19.4 Å². The van der Waals surface area contributed by atoms with Crippen LogP contribution in [0.25, 0.3) is 104 Å². The summed E-state index contributed by atoms with van der Waals surface area (Å²) in [4.78, 5) is 15.0. The monoisotopic (exact) mass is 670 g/mol. The SMILES string of the molecule is c1ccc(-c2nc(-c3ccccc3)nc(-c3cccc(-n4c5ccccc5c5c6oc7ccccc7c6c6c7ccccc7sc6c54)c3)n2)cc1. The summed E-state index contributed by atoms with van der Waals surface area (Å²) < 4.78 is 11.7. The molecule has 0 aliphatic rings. The minimum absolute atomic E-state index is 0.622. The van der Waals surface area contributed by atoms with E-state index < -0.39 is 0 Å². The molecule has 0 spiro atoms. The van der Waals surface area contributed by atoms with Gasteiger partial charge in [0.05, 0.1) is 21.1 Å². The Bertz CT molecular complexity index is 3080. The Morgan fingerprint density at radius 3 is 1.80 bits per heavy atom. The molecule has 5 nitrogen and oxygen atoms in total. The lowest BCUT2D eigenvalue weighted by atomic mass is 10.0. The number of aromatic nitrogens is 4. The summed E-state index contributed by atoms with van der Waals surface area (Å²) in [7, 11) is 0. The first-order valence-electron chi connectivity index (χ1n) is 17.0. The number of thiophene rings is 1. The highest BCUT2D eigenvalue weighted by Gasteiger charge is 2.25. The second-order valence-electron chi connectivity index (χ2n) is 12.8. The maximum atomic E-state index is 6.82. The van der Waals surface area contributed by atoms with Gasteiger partial charge >= 0.3 is 0 Å². The van der Waals surface area contributed by atoms with E-state index in [-0.39, 0.29) is 0 Å². The predicted octanol–water partition coefficient (Wildman–Crippen LogP) is 12.2. The summed E-state index contributed by atoms with van der Waals surface area (Å²) in [5.41, 5.74) is 7.89. The zero-order chi connectivity index (χ0) is 33.5. The third-order valence-electron chi connectivity index (χ3n) is 9.82. The Kier molecular flexibility index (Phi) is 6.05. The van der Waals surface area contributed by atoms with Gasteiger partial charge in [-0.25, -0.2) is 15.0 Å². The number of rotatable bonds is 4. The molecule has 4 heterocycles. The first-order valence-corrected chi connectivity index (χ1v) is 17.8. The van der Waals surface area contributed by atoms with Crippen molar-refractivity contribution in [3.8, 4) is 39.9 Å². The Balaban J connectivity index is 1.23. The minimum Gasteiger partial charge on any atom is -0.455 e.